The van der Waals surface area contributed by atoms with E-state index in [0.29, 0.717) is 17.8 Å². The number of aryl methyl sites for hydroxylation is 1. The van der Waals surface area contributed by atoms with Gasteiger partial charge in [-0.1, -0.05) is 29.8 Å². The molecule has 2 heterocycles. The largest absolute Gasteiger partial charge is 0.329 e. The van der Waals surface area contributed by atoms with Gasteiger partial charge in [0.2, 0.25) is 0 Å². The van der Waals surface area contributed by atoms with Gasteiger partial charge in [-0.25, -0.2) is 13.4 Å². The van der Waals surface area contributed by atoms with E-state index in [2.05, 4.69) is 4.72 Å². The van der Waals surface area contributed by atoms with E-state index in [4.69, 9.17) is 4.98 Å². The number of nitrogens with zero attached hydrogens (tertiary/aromatic N) is 2. The smallest absolute Gasteiger partial charge is 0.261 e. The number of nitrogens with one attached hydrogen (secondary N) is 1. The van der Waals surface area contributed by atoms with Crippen LogP contribution in [0.4, 0.5) is 5.69 Å². The van der Waals surface area contributed by atoms with Crippen LogP contribution in [0.1, 0.15) is 39.8 Å². The lowest BCUT2D eigenvalue weighted by molar-refractivity contribution is 0.0735. The van der Waals surface area contributed by atoms with E-state index in [1.165, 1.54) is 12.1 Å². The predicted octanol–water partition coefficient (Wildman–Crippen LogP) is 5.38. The fourth-order valence-electron chi connectivity index (χ4n) is 4.08. The van der Waals surface area contributed by atoms with Gasteiger partial charge < -0.3 is 4.90 Å². The van der Waals surface area contributed by atoms with Crippen LogP contribution in [0.2, 0.25) is 0 Å². The highest BCUT2D eigenvalue weighted by Gasteiger charge is 2.33. The molecule has 0 aliphatic carbocycles. The van der Waals surface area contributed by atoms with Crippen molar-refractivity contribution in [2.75, 3.05) is 11.3 Å². The van der Waals surface area contributed by atoms with Crippen molar-refractivity contribution in [3.8, 4) is 0 Å². The van der Waals surface area contributed by atoms with Crippen LogP contribution in [0.25, 0.3) is 10.2 Å². The van der Waals surface area contributed by atoms with E-state index in [1.54, 1.807) is 35.6 Å². The van der Waals surface area contributed by atoms with E-state index < -0.39 is 10.0 Å². The highest BCUT2D eigenvalue weighted by molar-refractivity contribution is 7.92. The van der Waals surface area contributed by atoms with E-state index in [0.717, 1.165) is 33.6 Å². The monoisotopic (exact) mass is 477 g/mol. The Morgan fingerprint density at radius 1 is 1.03 bits per heavy atom. The Kier molecular flexibility index (Phi) is 5.64. The van der Waals surface area contributed by atoms with E-state index in [-0.39, 0.29) is 16.8 Å². The number of anilines is 1. The summed E-state index contributed by atoms with van der Waals surface area (Å²) in [6, 6.07) is 21.2. The van der Waals surface area contributed by atoms with Gasteiger partial charge in [0, 0.05) is 17.8 Å². The molecule has 4 aromatic rings. The van der Waals surface area contributed by atoms with Gasteiger partial charge in [0.1, 0.15) is 5.01 Å². The van der Waals surface area contributed by atoms with Gasteiger partial charge in [0.25, 0.3) is 15.9 Å². The van der Waals surface area contributed by atoms with E-state index in [1.807, 2.05) is 48.2 Å². The van der Waals surface area contributed by atoms with Crippen LogP contribution in [0.5, 0.6) is 0 Å². The van der Waals surface area contributed by atoms with E-state index in [9.17, 15) is 13.2 Å². The Balaban J connectivity index is 1.35. The quantitative estimate of drug-likeness (QED) is 0.418. The molecule has 0 spiro atoms. The van der Waals surface area contributed by atoms with Crippen molar-refractivity contribution in [2.45, 2.75) is 30.7 Å². The molecule has 1 fully saturated rings. The summed E-state index contributed by atoms with van der Waals surface area (Å²) in [6.07, 6.45) is 1.79. The second kappa shape index (κ2) is 8.61. The van der Waals surface area contributed by atoms with E-state index >= 15 is 0 Å². The van der Waals surface area contributed by atoms with Crippen molar-refractivity contribution < 1.29 is 13.2 Å². The highest BCUT2D eigenvalue weighted by atomic mass is 32.2. The molecule has 1 unspecified atom stereocenters. The number of fused-ring (bicyclic) bond motifs is 1. The Labute approximate surface area is 197 Å². The van der Waals surface area contributed by atoms with Gasteiger partial charge in [-0.2, -0.15) is 0 Å². The summed E-state index contributed by atoms with van der Waals surface area (Å²) < 4.78 is 29.2. The number of hydrogen-bond donors (Lipinski definition) is 1. The number of carbonyl (C=O) groups excluding carboxylic acids is 1. The van der Waals surface area contributed by atoms with Gasteiger partial charge in [0.15, 0.2) is 0 Å². The summed E-state index contributed by atoms with van der Waals surface area (Å²) in [6.45, 7) is 2.60. The molecule has 8 heteroatoms. The molecule has 0 bridgehead atoms. The molecule has 1 aromatic heterocycles. The molecule has 6 nitrogen and oxygen atoms in total. The minimum Gasteiger partial charge on any atom is -0.329 e. The maximum absolute atomic E-state index is 13.3. The molecule has 1 amide bonds. The second-order valence-electron chi connectivity index (χ2n) is 8.17. The van der Waals surface area contributed by atoms with Crippen LogP contribution in [-0.4, -0.2) is 30.8 Å². The average molecular weight is 478 g/mol. The molecule has 1 atom stereocenters. The molecule has 168 valence electrons. The normalized spacial score (nSPS) is 16.3. The summed E-state index contributed by atoms with van der Waals surface area (Å²) in [5.41, 5.74) is 2.97. The van der Waals surface area contributed by atoms with Crippen molar-refractivity contribution in [1.82, 2.24) is 9.88 Å². The van der Waals surface area contributed by atoms with Crippen LogP contribution < -0.4 is 4.72 Å². The van der Waals surface area contributed by atoms with Crippen LogP contribution in [0.15, 0.2) is 77.7 Å². The predicted molar refractivity (Wildman–Crippen MR) is 131 cm³/mol. The minimum atomic E-state index is -3.74. The molecule has 3 aromatic carbocycles. The van der Waals surface area contributed by atoms with Crippen molar-refractivity contribution in [3.05, 3.63) is 88.9 Å². The summed E-state index contributed by atoms with van der Waals surface area (Å²) >= 11 is 1.63. The summed E-state index contributed by atoms with van der Waals surface area (Å²) in [4.78, 5) is 20.0. The fourth-order valence-corrected chi connectivity index (χ4v) is 6.25. The lowest BCUT2D eigenvalue weighted by Gasteiger charge is -2.23. The lowest BCUT2D eigenvalue weighted by atomic mass is 10.1. The number of aromatic nitrogens is 1. The third-order valence-corrected chi connectivity index (χ3v) is 8.36. The third-order valence-electron chi connectivity index (χ3n) is 5.82. The second-order valence-corrected chi connectivity index (χ2v) is 10.9. The fraction of sp³-hybridized carbons (Fsp3) is 0.200. The molecule has 5 rings (SSSR count). The first-order valence-electron chi connectivity index (χ1n) is 10.8. The van der Waals surface area contributed by atoms with Crippen LogP contribution >= 0.6 is 11.3 Å². The first-order chi connectivity index (χ1) is 15.9. The lowest BCUT2D eigenvalue weighted by Crippen LogP contribution is -2.30. The number of likely N-dealkylation sites (tertiary alicyclic amines) is 1. The van der Waals surface area contributed by atoms with Crippen LogP contribution in [0.3, 0.4) is 0 Å². The number of carbonyl (C=O) groups is 1. The Bertz CT molecular complexity index is 1380. The Morgan fingerprint density at radius 3 is 2.48 bits per heavy atom. The maximum atomic E-state index is 13.3. The maximum Gasteiger partial charge on any atom is 0.261 e. The number of benzene rings is 3. The van der Waals surface area contributed by atoms with Crippen LogP contribution in [-0.2, 0) is 10.0 Å². The molecule has 1 saturated heterocycles. The topological polar surface area (TPSA) is 79.4 Å². The standard InChI is InChI=1S/C25H23N3O3S2/c1-17-8-12-19(13-9-17)27-33(30,31)20-14-10-18(11-15-20)25(29)28-16-4-6-22(28)24-26-21-5-2-3-7-23(21)32-24/h2-3,5,7-15,22,27H,4,6,16H2,1H3. The first-order valence-corrected chi connectivity index (χ1v) is 13.1. The molecule has 1 N–H and O–H groups in total. The van der Waals surface area contributed by atoms with Gasteiger partial charge in [-0.3, -0.25) is 9.52 Å². The number of para-hydroxylation sites is 1. The zero-order valence-corrected chi connectivity index (χ0v) is 19.7. The van der Waals surface area contributed by atoms with Crippen LogP contribution in [0, 0.1) is 6.92 Å². The number of thiazole rings is 1. The van der Waals surface area contributed by atoms with Gasteiger partial charge in [0.05, 0.1) is 21.2 Å². The number of sulfonamides is 1. The Hall–Kier alpha value is -3.23. The minimum absolute atomic E-state index is 0.0542. The Morgan fingerprint density at radius 2 is 1.76 bits per heavy atom. The summed E-state index contributed by atoms with van der Waals surface area (Å²) in [5.74, 6) is -0.104. The van der Waals surface area contributed by atoms with Crippen molar-refractivity contribution in [2.24, 2.45) is 0 Å². The van der Waals surface area contributed by atoms with Gasteiger partial charge in [-0.15, -0.1) is 11.3 Å². The zero-order chi connectivity index (χ0) is 23.0. The third kappa shape index (κ3) is 4.36. The molecule has 0 saturated carbocycles. The van der Waals surface area contributed by atoms with Gasteiger partial charge in [-0.05, 0) is 68.3 Å². The van der Waals surface area contributed by atoms with Crippen molar-refractivity contribution >= 4 is 43.2 Å². The number of amides is 1. The molecular formula is C25H23N3O3S2. The summed E-state index contributed by atoms with van der Waals surface area (Å²) in [7, 11) is -3.74. The highest BCUT2D eigenvalue weighted by Crippen LogP contribution is 2.37. The van der Waals surface area contributed by atoms with Crippen molar-refractivity contribution in [1.29, 1.82) is 0 Å². The first kappa shape index (κ1) is 21.6. The SMILES string of the molecule is Cc1ccc(NS(=O)(=O)c2ccc(C(=O)N3CCCC3c3nc4ccccc4s3)cc2)cc1. The molecule has 0 radical (unpaired) electrons. The van der Waals surface area contributed by atoms with Gasteiger partial charge >= 0.3 is 0 Å². The van der Waals surface area contributed by atoms with Crippen molar-refractivity contribution in [3.63, 3.8) is 0 Å². The molecule has 1 aliphatic rings. The summed E-state index contributed by atoms with van der Waals surface area (Å²) in [5, 5.41) is 0.948. The average Bonchev–Trinajstić information content (AvgIpc) is 3.47. The molecular weight excluding hydrogens is 454 g/mol. The zero-order valence-electron chi connectivity index (χ0n) is 18.1. The molecule has 33 heavy (non-hydrogen) atoms. The number of rotatable bonds is 5. The number of hydrogen-bond acceptors (Lipinski definition) is 5. The molecule has 1 aliphatic heterocycles.